The van der Waals surface area contributed by atoms with Gasteiger partial charge in [0.25, 0.3) is 0 Å². The number of nitrogens with two attached hydrogens (primary N) is 1. The van der Waals surface area contributed by atoms with Gasteiger partial charge < -0.3 is 5.73 Å². The molecule has 2 aliphatic rings. The Morgan fingerprint density at radius 1 is 1.20 bits per heavy atom. The molecule has 126 valence electrons. The van der Waals surface area contributed by atoms with Crippen molar-refractivity contribution in [3.8, 4) is 0 Å². The van der Waals surface area contributed by atoms with E-state index in [1.807, 2.05) is 18.2 Å². The summed E-state index contributed by atoms with van der Waals surface area (Å²) in [6, 6.07) is 3.50. The molecular formula is C20H18FN3O. The smallest absolute Gasteiger partial charge is 0.190 e. The van der Waals surface area contributed by atoms with Gasteiger partial charge in [-0.15, -0.1) is 0 Å². The number of nitrogen functional groups attached to an aromatic ring is 1. The van der Waals surface area contributed by atoms with Crippen molar-refractivity contribution in [2.24, 2.45) is 0 Å². The first-order valence-corrected chi connectivity index (χ1v) is 8.38. The fourth-order valence-electron chi connectivity index (χ4n) is 3.34. The van der Waals surface area contributed by atoms with E-state index in [0.29, 0.717) is 28.9 Å². The molecule has 4 nitrogen and oxygen atoms in total. The average molecular weight is 335 g/mol. The van der Waals surface area contributed by atoms with E-state index in [1.54, 1.807) is 28.8 Å². The number of imidazole rings is 1. The maximum Gasteiger partial charge on any atom is 0.190 e. The predicted molar refractivity (Wildman–Crippen MR) is 96.8 cm³/mol. The molecular weight excluding hydrogens is 317 g/mol. The lowest BCUT2D eigenvalue weighted by atomic mass is 9.97. The number of anilines is 1. The second-order valence-corrected chi connectivity index (χ2v) is 6.25. The fraction of sp³-hybridized carbons (Fsp3) is 0.200. The zero-order chi connectivity index (χ0) is 17.4. The van der Waals surface area contributed by atoms with Gasteiger partial charge in [-0.3, -0.25) is 9.20 Å². The van der Waals surface area contributed by atoms with Gasteiger partial charge in [0.2, 0.25) is 0 Å². The lowest BCUT2D eigenvalue weighted by Gasteiger charge is -2.12. The second-order valence-electron chi connectivity index (χ2n) is 6.25. The molecule has 25 heavy (non-hydrogen) atoms. The summed E-state index contributed by atoms with van der Waals surface area (Å²) in [7, 11) is 0. The first-order valence-electron chi connectivity index (χ1n) is 8.38. The van der Waals surface area contributed by atoms with Gasteiger partial charge in [0.05, 0.1) is 5.69 Å². The molecule has 0 saturated carbocycles. The number of carbonyl (C=O) groups excluding carboxylic acids is 1. The van der Waals surface area contributed by atoms with Gasteiger partial charge in [-0.25, -0.2) is 9.37 Å². The van der Waals surface area contributed by atoms with E-state index in [2.05, 4.69) is 4.98 Å². The molecule has 2 heterocycles. The molecule has 4 rings (SSSR count). The Bertz CT molecular complexity index is 992. The van der Waals surface area contributed by atoms with E-state index in [0.717, 1.165) is 24.8 Å². The summed E-state index contributed by atoms with van der Waals surface area (Å²) >= 11 is 0. The summed E-state index contributed by atoms with van der Waals surface area (Å²) in [6.45, 7) is 0. The zero-order valence-electron chi connectivity index (χ0n) is 13.7. The normalized spacial score (nSPS) is 17.2. The molecule has 0 saturated heterocycles. The standard InChI is InChI=1S/C20H18FN3O/c21-16-9-5-4-8-15(16)18-20(22)23-17-11-10-14(12-24(17)18)19(25)13-6-2-1-3-7-13/h1-2,5-6,9-12H,3-4,7-8,22H2. The highest BCUT2D eigenvalue weighted by Crippen LogP contribution is 2.33. The molecule has 0 amide bonds. The van der Waals surface area contributed by atoms with Crippen LogP contribution in [0, 0.1) is 0 Å². The quantitative estimate of drug-likeness (QED) is 0.845. The Hall–Kier alpha value is -2.95. The molecule has 0 radical (unpaired) electrons. The number of ketones is 1. The van der Waals surface area contributed by atoms with Crippen molar-refractivity contribution in [3.05, 3.63) is 71.4 Å². The van der Waals surface area contributed by atoms with E-state index in [-0.39, 0.29) is 17.4 Å². The van der Waals surface area contributed by atoms with Crippen LogP contribution in [0.1, 0.15) is 41.7 Å². The highest BCUT2D eigenvalue weighted by atomic mass is 19.1. The number of carbonyl (C=O) groups is 1. The van der Waals surface area contributed by atoms with Crippen LogP contribution < -0.4 is 5.73 Å². The third-order valence-corrected chi connectivity index (χ3v) is 4.61. The van der Waals surface area contributed by atoms with Gasteiger partial charge in [-0.05, 0) is 43.9 Å². The van der Waals surface area contributed by atoms with Gasteiger partial charge >= 0.3 is 0 Å². The molecule has 2 N–H and O–H groups in total. The number of hydrogen-bond donors (Lipinski definition) is 1. The van der Waals surface area contributed by atoms with E-state index < -0.39 is 0 Å². The average Bonchev–Trinajstić information content (AvgIpc) is 2.97. The number of Topliss-reactive ketones (excluding diaryl/α,β-unsaturated/α-hetero) is 1. The van der Waals surface area contributed by atoms with E-state index >= 15 is 0 Å². The zero-order valence-corrected chi connectivity index (χ0v) is 13.7. The first-order chi connectivity index (χ1) is 12.1. The molecule has 2 aromatic heterocycles. The van der Waals surface area contributed by atoms with Crippen LogP contribution in [0.15, 0.2) is 60.1 Å². The van der Waals surface area contributed by atoms with Gasteiger partial charge in [0.15, 0.2) is 11.6 Å². The van der Waals surface area contributed by atoms with Crippen molar-refractivity contribution in [3.63, 3.8) is 0 Å². The van der Waals surface area contributed by atoms with Crippen molar-refractivity contribution in [1.29, 1.82) is 0 Å². The Balaban J connectivity index is 1.84. The molecule has 0 aliphatic heterocycles. The number of rotatable bonds is 3. The van der Waals surface area contributed by atoms with E-state index in [9.17, 15) is 9.18 Å². The maximum atomic E-state index is 14.3. The van der Waals surface area contributed by atoms with Crippen molar-refractivity contribution in [2.75, 3.05) is 5.73 Å². The van der Waals surface area contributed by atoms with Gasteiger partial charge in [0, 0.05) is 22.9 Å². The topological polar surface area (TPSA) is 60.4 Å². The summed E-state index contributed by atoms with van der Waals surface area (Å²) in [5.74, 6) is -0.0241. The van der Waals surface area contributed by atoms with Crippen LogP contribution in [0.3, 0.4) is 0 Å². The predicted octanol–water partition coefficient (Wildman–Crippen LogP) is 4.41. The number of halogens is 1. The van der Waals surface area contributed by atoms with Crippen LogP contribution in [-0.4, -0.2) is 15.2 Å². The molecule has 0 aromatic carbocycles. The van der Waals surface area contributed by atoms with Crippen molar-refractivity contribution in [2.45, 2.75) is 25.7 Å². The molecule has 0 fully saturated rings. The van der Waals surface area contributed by atoms with Gasteiger partial charge in [-0.2, -0.15) is 0 Å². The number of hydrogen-bond acceptors (Lipinski definition) is 3. The Kier molecular flexibility index (Phi) is 3.84. The van der Waals surface area contributed by atoms with E-state index in [4.69, 9.17) is 5.73 Å². The third-order valence-electron chi connectivity index (χ3n) is 4.61. The SMILES string of the molecule is Nc1nc2ccc(C(=O)C3=CC=CCC3)cn2c1C1=C(F)C=CCC1. The Morgan fingerprint density at radius 3 is 2.80 bits per heavy atom. The lowest BCUT2D eigenvalue weighted by molar-refractivity contribution is 0.103. The second kappa shape index (κ2) is 6.16. The summed E-state index contributed by atoms with van der Waals surface area (Å²) < 4.78 is 16.0. The van der Waals surface area contributed by atoms with Crippen LogP contribution in [0.4, 0.5) is 10.2 Å². The molecule has 0 bridgehead atoms. The highest BCUT2D eigenvalue weighted by Gasteiger charge is 2.20. The van der Waals surface area contributed by atoms with Gasteiger partial charge in [0.1, 0.15) is 11.5 Å². The van der Waals surface area contributed by atoms with Crippen molar-refractivity contribution in [1.82, 2.24) is 9.38 Å². The maximum absolute atomic E-state index is 14.3. The molecule has 5 heteroatoms. The minimum Gasteiger partial charge on any atom is -0.382 e. The van der Waals surface area contributed by atoms with Crippen LogP contribution >= 0.6 is 0 Å². The minimum atomic E-state index is -0.295. The molecule has 2 aliphatic carbocycles. The number of pyridine rings is 1. The Labute approximate surface area is 144 Å². The molecule has 0 unspecified atom stereocenters. The van der Waals surface area contributed by atoms with Crippen molar-refractivity contribution < 1.29 is 9.18 Å². The fourth-order valence-corrected chi connectivity index (χ4v) is 3.34. The van der Waals surface area contributed by atoms with Crippen LogP contribution in [0.5, 0.6) is 0 Å². The number of allylic oxidation sites excluding steroid dienone is 8. The highest BCUT2D eigenvalue weighted by molar-refractivity contribution is 6.09. The summed E-state index contributed by atoms with van der Waals surface area (Å²) in [6.07, 6.45) is 13.7. The molecule has 0 atom stereocenters. The number of fused-ring (bicyclic) bond motifs is 1. The first kappa shape index (κ1) is 15.6. The summed E-state index contributed by atoms with van der Waals surface area (Å²) in [5.41, 5.74) is 9.08. The van der Waals surface area contributed by atoms with Crippen molar-refractivity contribution >= 4 is 22.8 Å². The number of aromatic nitrogens is 2. The largest absolute Gasteiger partial charge is 0.382 e. The van der Waals surface area contributed by atoms with E-state index in [1.165, 1.54) is 6.08 Å². The Morgan fingerprint density at radius 2 is 2.04 bits per heavy atom. The lowest BCUT2D eigenvalue weighted by Crippen LogP contribution is -2.07. The summed E-state index contributed by atoms with van der Waals surface area (Å²) in [5, 5.41) is 0. The minimum absolute atomic E-state index is 0.0116. The van der Waals surface area contributed by atoms with Gasteiger partial charge in [-0.1, -0.05) is 24.3 Å². The van der Waals surface area contributed by atoms with Crippen LogP contribution in [0.25, 0.3) is 11.2 Å². The monoisotopic (exact) mass is 335 g/mol. The third kappa shape index (κ3) is 2.71. The van der Waals surface area contributed by atoms with Crippen LogP contribution in [-0.2, 0) is 0 Å². The molecule has 0 spiro atoms. The van der Waals surface area contributed by atoms with Crippen LogP contribution in [0.2, 0.25) is 0 Å². The number of nitrogens with zero attached hydrogens (tertiary/aromatic N) is 2. The molecule has 2 aromatic rings. The summed E-state index contributed by atoms with van der Waals surface area (Å²) in [4.78, 5) is 17.1.